The molecule has 70 valence electrons. The van der Waals surface area contributed by atoms with Crippen molar-refractivity contribution in [3.8, 4) is 0 Å². The number of hydrogen-bond donors (Lipinski definition) is 1. The van der Waals surface area contributed by atoms with Gasteiger partial charge in [-0.15, -0.1) is 11.6 Å². The maximum Gasteiger partial charge on any atom is 0.237 e. The van der Waals surface area contributed by atoms with Gasteiger partial charge in [0.1, 0.15) is 5.88 Å². The molecule has 1 aliphatic heterocycles. The molecule has 1 aliphatic rings. The Hall–Kier alpha value is -0.280. The summed E-state index contributed by atoms with van der Waals surface area (Å²) < 4.78 is 0. The average molecular weight is 192 g/mol. The highest BCUT2D eigenvalue weighted by Gasteiger charge is 2.26. The smallest absolute Gasteiger partial charge is 0.237 e. The van der Waals surface area contributed by atoms with Crippen LogP contribution in [0.2, 0.25) is 0 Å². The lowest BCUT2D eigenvalue weighted by molar-refractivity contribution is -0.132. The predicted octanol–water partition coefficient (Wildman–Crippen LogP) is 0.454. The number of carbonyl (C=O) groups excluding carboxylic acids is 1. The number of likely N-dealkylation sites (tertiary alicyclic amines) is 1. The highest BCUT2D eigenvalue weighted by Crippen LogP contribution is 2.16. The molecule has 0 aliphatic carbocycles. The topological polar surface area (TPSA) is 40.5 Å². The van der Waals surface area contributed by atoms with Crippen molar-refractivity contribution in [3.05, 3.63) is 0 Å². The molecular weight excluding hydrogens is 178 g/mol. The Morgan fingerprint density at radius 2 is 2.42 bits per heavy atom. The summed E-state index contributed by atoms with van der Waals surface area (Å²) in [6, 6.07) is 0. The Morgan fingerprint density at radius 3 is 2.92 bits per heavy atom. The Kier molecular flexibility index (Phi) is 3.35. The molecule has 2 unspecified atom stereocenters. The summed E-state index contributed by atoms with van der Waals surface area (Å²) in [5.74, 6) is 0.230. The molecule has 4 heteroatoms. The van der Waals surface area contributed by atoms with E-state index in [0.717, 1.165) is 13.0 Å². The van der Waals surface area contributed by atoms with Crippen molar-refractivity contribution in [1.82, 2.24) is 4.90 Å². The summed E-state index contributed by atoms with van der Waals surface area (Å²) in [6.45, 7) is 3.16. The van der Waals surface area contributed by atoms with Crippen LogP contribution in [-0.2, 0) is 4.79 Å². The van der Waals surface area contributed by atoms with Crippen LogP contribution in [0.3, 0.4) is 0 Å². The average Bonchev–Trinajstić information content (AvgIpc) is 2.08. The van der Waals surface area contributed by atoms with E-state index in [1.807, 2.05) is 6.92 Å². The first-order valence-corrected chi connectivity index (χ1v) is 4.70. The van der Waals surface area contributed by atoms with E-state index in [0.29, 0.717) is 12.5 Å². The maximum absolute atomic E-state index is 11.1. The van der Waals surface area contributed by atoms with Crippen LogP contribution in [0.4, 0.5) is 0 Å². The molecule has 1 heterocycles. The van der Waals surface area contributed by atoms with Gasteiger partial charge >= 0.3 is 0 Å². The van der Waals surface area contributed by atoms with Crippen molar-refractivity contribution < 1.29 is 9.90 Å². The summed E-state index contributed by atoms with van der Waals surface area (Å²) in [5, 5.41) is 9.46. The number of alkyl halides is 1. The first-order chi connectivity index (χ1) is 5.65. The van der Waals surface area contributed by atoms with E-state index >= 15 is 0 Å². The monoisotopic (exact) mass is 191 g/mol. The van der Waals surface area contributed by atoms with Crippen molar-refractivity contribution in [2.45, 2.75) is 19.4 Å². The highest BCUT2D eigenvalue weighted by atomic mass is 35.5. The Balaban J connectivity index is 2.45. The number of carbonyl (C=O) groups is 1. The van der Waals surface area contributed by atoms with Gasteiger partial charge in [0.05, 0.1) is 6.10 Å². The fourth-order valence-electron chi connectivity index (χ4n) is 1.36. The van der Waals surface area contributed by atoms with Crippen LogP contribution in [0.25, 0.3) is 0 Å². The van der Waals surface area contributed by atoms with E-state index in [1.54, 1.807) is 4.90 Å². The molecule has 0 aromatic rings. The van der Waals surface area contributed by atoms with Crippen LogP contribution >= 0.6 is 11.6 Å². The minimum absolute atomic E-state index is 0.0150. The number of rotatable bonds is 1. The molecule has 0 saturated carbocycles. The number of piperidine rings is 1. The first-order valence-electron chi connectivity index (χ1n) is 4.17. The van der Waals surface area contributed by atoms with Gasteiger partial charge in [0.15, 0.2) is 0 Å². The fourth-order valence-corrected chi connectivity index (χ4v) is 1.53. The summed E-state index contributed by atoms with van der Waals surface area (Å²) in [4.78, 5) is 12.7. The minimum atomic E-state index is -0.383. The number of nitrogens with zero attached hydrogens (tertiary/aromatic N) is 1. The van der Waals surface area contributed by atoms with Crippen molar-refractivity contribution in [3.63, 3.8) is 0 Å². The quantitative estimate of drug-likeness (QED) is 0.612. The molecule has 1 saturated heterocycles. The molecule has 1 fully saturated rings. The molecule has 1 N–H and O–H groups in total. The van der Waals surface area contributed by atoms with E-state index in [9.17, 15) is 9.90 Å². The summed E-state index contributed by atoms with van der Waals surface area (Å²) in [7, 11) is 0. The van der Waals surface area contributed by atoms with E-state index in [4.69, 9.17) is 11.6 Å². The molecule has 1 amide bonds. The van der Waals surface area contributed by atoms with E-state index in [1.165, 1.54) is 0 Å². The van der Waals surface area contributed by atoms with Gasteiger partial charge in [-0.2, -0.15) is 0 Å². The molecular formula is C8H14ClNO2. The summed E-state index contributed by atoms with van der Waals surface area (Å²) >= 11 is 5.40. The predicted molar refractivity (Wildman–Crippen MR) is 47.1 cm³/mol. The number of aliphatic hydroxyl groups excluding tert-OH is 1. The first kappa shape index (κ1) is 9.81. The zero-order chi connectivity index (χ0) is 9.14. The van der Waals surface area contributed by atoms with Gasteiger partial charge in [-0.05, 0) is 12.3 Å². The molecule has 0 radical (unpaired) electrons. The van der Waals surface area contributed by atoms with Gasteiger partial charge < -0.3 is 10.0 Å². The van der Waals surface area contributed by atoms with Crippen molar-refractivity contribution in [1.29, 1.82) is 0 Å². The van der Waals surface area contributed by atoms with Gasteiger partial charge in [-0.1, -0.05) is 6.92 Å². The molecule has 2 atom stereocenters. The van der Waals surface area contributed by atoms with Crippen LogP contribution in [0.1, 0.15) is 13.3 Å². The Bertz CT molecular complexity index is 174. The molecule has 0 aromatic carbocycles. The molecule has 0 bridgehead atoms. The highest BCUT2D eigenvalue weighted by molar-refractivity contribution is 6.27. The van der Waals surface area contributed by atoms with Gasteiger partial charge in [0.2, 0.25) is 5.91 Å². The standard InChI is InChI=1S/C8H14ClNO2/c1-6-2-3-10(5-7(6)11)8(12)4-9/h6-7,11H,2-5H2,1H3. The molecule has 3 nitrogen and oxygen atoms in total. The van der Waals surface area contributed by atoms with Crippen LogP contribution in [-0.4, -0.2) is 41.0 Å². The second-order valence-electron chi connectivity index (χ2n) is 3.31. The second kappa shape index (κ2) is 4.10. The van der Waals surface area contributed by atoms with E-state index < -0.39 is 0 Å². The lowest BCUT2D eigenvalue weighted by Crippen LogP contribution is -2.46. The summed E-state index contributed by atoms with van der Waals surface area (Å²) in [6.07, 6.45) is 0.481. The SMILES string of the molecule is CC1CCN(C(=O)CCl)CC1O. The number of hydrogen-bond acceptors (Lipinski definition) is 2. The number of aliphatic hydroxyl groups is 1. The third-order valence-corrected chi connectivity index (χ3v) is 2.61. The normalized spacial score (nSPS) is 30.4. The Morgan fingerprint density at radius 1 is 1.75 bits per heavy atom. The zero-order valence-corrected chi connectivity index (χ0v) is 7.92. The van der Waals surface area contributed by atoms with Crippen molar-refractivity contribution in [2.75, 3.05) is 19.0 Å². The lowest BCUT2D eigenvalue weighted by Gasteiger charge is -2.33. The summed E-state index contributed by atoms with van der Waals surface area (Å²) in [5.41, 5.74) is 0. The van der Waals surface area contributed by atoms with Crippen LogP contribution < -0.4 is 0 Å². The maximum atomic E-state index is 11.1. The van der Waals surface area contributed by atoms with Crippen LogP contribution in [0.5, 0.6) is 0 Å². The minimum Gasteiger partial charge on any atom is -0.391 e. The molecule has 12 heavy (non-hydrogen) atoms. The van der Waals surface area contributed by atoms with E-state index in [2.05, 4.69) is 0 Å². The molecule has 0 aromatic heterocycles. The van der Waals surface area contributed by atoms with E-state index in [-0.39, 0.29) is 17.9 Å². The second-order valence-corrected chi connectivity index (χ2v) is 3.57. The van der Waals surface area contributed by atoms with Gasteiger partial charge in [-0.3, -0.25) is 4.79 Å². The number of halogens is 1. The Labute approximate surface area is 77.3 Å². The van der Waals surface area contributed by atoms with Crippen LogP contribution in [0, 0.1) is 5.92 Å². The van der Waals surface area contributed by atoms with Gasteiger partial charge in [-0.25, -0.2) is 0 Å². The number of amides is 1. The van der Waals surface area contributed by atoms with Gasteiger partial charge in [0, 0.05) is 13.1 Å². The lowest BCUT2D eigenvalue weighted by atomic mass is 9.96. The third kappa shape index (κ3) is 2.11. The largest absolute Gasteiger partial charge is 0.391 e. The fraction of sp³-hybridized carbons (Fsp3) is 0.875. The number of β-amino-alcohol motifs (C(OH)–C–C–N with tert-alkyl or cyclic N) is 1. The third-order valence-electron chi connectivity index (χ3n) is 2.39. The zero-order valence-electron chi connectivity index (χ0n) is 7.16. The van der Waals surface area contributed by atoms with Crippen molar-refractivity contribution in [2.24, 2.45) is 5.92 Å². The van der Waals surface area contributed by atoms with Crippen molar-refractivity contribution >= 4 is 17.5 Å². The van der Waals surface area contributed by atoms with Gasteiger partial charge in [0.25, 0.3) is 0 Å². The van der Waals surface area contributed by atoms with Crippen LogP contribution in [0.15, 0.2) is 0 Å². The molecule has 1 rings (SSSR count). The molecule has 0 spiro atoms.